The predicted molar refractivity (Wildman–Crippen MR) is 105 cm³/mol. The SMILES string of the molecule is CCOc1ccc(/C=C/C(=O)NC2CCN(S(C)(=O)=O)CC2)cc1OCC. The average Bonchev–Trinajstić information content (AvgIpc) is 2.62. The van der Waals surface area contributed by atoms with Crippen molar-refractivity contribution in [2.75, 3.05) is 32.6 Å². The highest BCUT2D eigenvalue weighted by atomic mass is 32.2. The van der Waals surface area contributed by atoms with Crippen molar-refractivity contribution in [3.05, 3.63) is 29.8 Å². The van der Waals surface area contributed by atoms with Crippen molar-refractivity contribution in [3.63, 3.8) is 0 Å². The van der Waals surface area contributed by atoms with E-state index in [4.69, 9.17) is 9.47 Å². The van der Waals surface area contributed by atoms with E-state index >= 15 is 0 Å². The van der Waals surface area contributed by atoms with Gasteiger partial charge in [0.25, 0.3) is 0 Å². The Bertz CT molecular complexity index is 768. The van der Waals surface area contributed by atoms with Crippen LogP contribution in [0.1, 0.15) is 32.3 Å². The van der Waals surface area contributed by atoms with E-state index in [2.05, 4.69) is 5.32 Å². The monoisotopic (exact) mass is 396 g/mol. The molecule has 0 aromatic heterocycles. The van der Waals surface area contributed by atoms with Crippen molar-refractivity contribution in [1.29, 1.82) is 0 Å². The number of nitrogens with one attached hydrogen (secondary N) is 1. The molecule has 1 N–H and O–H groups in total. The van der Waals surface area contributed by atoms with E-state index in [1.165, 1.54) is 16.6 Å². The van der Waals surface area contributed by atoms with Crippen molar-refractivity contribution >= 4 is 22.0 Å². The Morgan fingerprint density at radius 3 is 2.41 bits per heavy atom. The molecule has 2 rings (SSSR count). The van der Waals surface area contributed by atoms with Gasteiger partial charge in [0.05, 0.1) is 19.5 Å². The van der Waals surface area contributed by atoms with Gasteiger partial charge < -0.3 is 14.8 Å². The molecule has 0 atom stereocenters. The summed E-state index contributed by atoms with van der Waals surface area (Å²) in [6, 6.07) is 5.51. The molecule has 27 heavy (non-hydrogen) atoms. The molecule has 1 aromatic carbocycles. The fourth-order valence-electron chi connectivity index (χ4n) is 2.92. The number of ether oxygens (including phenoxy) is 2. The number of sulfonamides is 1. The van der Waals surface area contributed by atoms with Gasteiger partial charge >= 0.3 is 0 Å². The van der Waals surface area contributed by atoms with Crippen LogP contribution in [0.15, 0.2) is 24.3 Å². The average molecular weight is 397 g/mol. The molecule has 0 radical (unpaired) electrons. The number of carbonyl (C=O) groups is 1. The van der Waals surface area contributed by atoms with Crippen LogP contribution in [-0.4, -0.2) is 57.2 Å². The summed E-state index contributed by atoms with van der Waals surface area (Å²) in [6.07, 6.45) is 5.64. The quantitative estimate of drug-likeness (QED) is 0.680. The van der Waals surface area contributed by atoms with Crippen LogP contribution >= 0.6 is 0 Å². The van der Waals surface area contributed by atoms with Crippen molar-refractivity contribution in [1.82, 2.24) is 9.62 Å². The summed E-state index contributed by atoms with van der Waals surface area (Å²) in [5, 5.41) is 2.93. The molecule has 150 valence electrons. The first-order chi connectivity index (χ1) is 12.8. The highest BCUT2D eigenvalue weighted by Crippen LogP contribution is 2.29. The third kappa shape index (κ3) is 6.55. The molecule has 1 amide bonds. The predicted octanol–water partition coefficient (Wildman–Crippen LogP) is 2.04. The molecule has 8 heteroatoms. The smallest absolute Gasteiger partial charge is 0.244 e. The van der Waals surface area contributed by atoms with E-state index < -0.39 is 10.0 Å². The Balaban J connectivity index is 1.92. The molecular weight excluding hydrogens is 368 g/mol. The molecular formula is C19H28N2O5S. The van der Waals surface area contributed by atoms with Gasteiger partial charge in [-0.15, -0.1) is 0 Å². The molecule has 0 aliphatic carbocycles. The van der Waals surface area contributed by atoms with Crippen LogP contribution in [0.2, 0.25) is 0 Å². The minimum Gasteiger partial charge on any atom is -0.490 e. The topological polar surface area (TPSA) is 84.9 Å². The molecule has 0 unspecified atom stereocenters. The molecule has 1 heterocycles. The highest BCUT2D eigenvalue weighted by molar-refractivity contribution is 7.88. The number of hydrogen-bond acceptors (Lipinski definition) is 5. The third-order valence-electron chi connectivity index (χ3n) is 4.26. The molecule has 1 fully saturated rings. The highest BCUT2D eigenvalue weighted by Gasteiger charge is 2.25. The summed E-state index contributed by atoms with van der Waals surface area (Å²) in [5.41, 5.74) is 0.837. The number of amides is 1. The normalized spacial score (nSPS) is 16.4. The lowest BCUT2D eigenvalue weighted by Gasteiger charge is -2.30. The first kappa shape index (κ1) is 21.2. The van der Waals surface area contributed by atoms with Crippen molar-refractivity contribution in [2.45, 2.75) is 32.7 Å². The summed E-state index contributed by atoms with van der Waals surface area (Å²) in [4.78, 5) is 12.2. The fourth-order valence-corrected chi connectivity index (χ4v) is 3.80. The Kier molecular flexibility index (Phi) is 7.67. The van der Waals surface area contributed by atoms with Gasteiger partial charge in [-0.05, 0) is 50.5 Å². The Morgan fingerprint density at radius 1 is 1.19 bits per heavy atom. The molecule has 0 spiro atoms. The van der Waals surface area contributed by atoms with Gasteiger partial charge in [-0.1, -0.05) is 6.07 Å². The van der Waals surface area contributed by atoms with Crippen LogP contribution in [0.3, 0.4) is 0 Å². The molecule has 1 saturated heterocycles. The van der Waals surface area contributed by atoms with Crippen LogP contribution in [-0.2, 0) is 14.8 Å². The van der Waals surface area contributed by atoms with Gasteiger partial charge in [-0.3, -0.25) is 4.79 Å². The van der Waals surface area contributed by atoms with Gasteiger partial charge in [-0.25, -0.2) is 12.7 Å². The second-order valence-electron chi connectivity index (χ2n) is 6.35. The standard InChI is InChI=1S/C19H28N2O5S/c1-4-25-17-8-6-15(14-18(17)26-5-2)7-9-19(22)20-16-10-12-21(13-11-16)27(3,23)24/h6-9,14,16H,4-5,10-13H2,1-3H3,(H,20,22)/b9-7+. The maximum atomic E-state index is 12.2. The second-order valence-corrected chi connectivity index (χ2v) is 8.33. The summed E-state index contributed by atoms with van der Waals surface area (Å²) in [5.74, 6) is 1.13. The summed E-state index contributed by atoms with van der Waals surface area (Å²) >= 11 is 0. The van der Waals surface area contributed by atoms with Crippen LogP contribution in [0, 0.1) is 0 Å². The molecule has 0 bridgehead atoms. The van der Waals surface area contributed by atoms with Crippen molar-refractivity contribution in [2.24, 2.45) is 0 Å². The third-order valence-corrected chi connectivity index (χ3v) is 5.57. The number of rotatable bonds is 8. The lowest BCUT2D eigenvalue weighted by atomic mass is 10.1. The van der Waals surface area contributed by atoms with E-state index in [0.29, 0.717) is 50.6 Å². The zero-order chi connectivity index (χ0) is 19.9. The summed E-state index contributed by atoms with van der Waals surface area (Å²) in [7, 11) is -3.16. The molecule has 1 aliphatic rings. The van der Waals surface area contributed by atoms with E-state index in [1.807, 2.05) is 32.0 Å². The van der Waals surface area contributed by atoms with Gasteiger partial charge in [0.1, 0.15) is 0 Å². The van der Waals surface area contributed by atoms with Crippen molar-refractivity contribution in [3.8, 4) is 11.5 Å². The van der Waals surface area contributed by atoms with E-state index in [0.717, 1.165) is 5.56 Å². The van der Waals surface area contributed by atoms with Gasteiger partial charge in [0, 0.05) is 25.2 Å². The fraction of sp³-hybridized carbons (Fsp3) is 0.526. The van der Waals surface area contributed by atoms with Gasteiger partial charge in [0.2, 0.25) is 15.9 Å². The van der Waals surface area contributed by atoms with E-state index in [9.17, 15) is 13.2 Å². The number of benzene rings is 1. The Hall–Kier alpha value is -2.06. The van der Waals surface area contributed by atoms with Crippen LogP contribution in [0.25, 0.3) is 6.08 Å². The van der Waals surface area contributed by atoms with E-state index in [-0.39, 0.29) is 11.9 Å². The zero-order valence-electron chi connectivity index (χ0n) is 16.1. The first-order valence-corrected chi connectivity index (χ1v) is 11.0. The van der Waals surface area contributed by atoms with Gasteiger partial charge in [0.15, 0.2) is 11.5 Å². The second kappa shape index (κ2) is 9.75. The summed E-state index contributed by atoms with van der Waals surface area (Å²) < 4.78 is 35.6. The first-order valence-electron chi connectivity index (χ1n) is 9.16. The van der Waals surface area contributed by atoms with Crippen molar-refractivity contribution < 1.29 is 22.7 Å². The van der Waals surface area contributed by atoms with Crippen LogP contribution in [0.4, 0.5) is 0 Å². The number of carbonyl (C=O) groups excluding carboxylic acids is 1. The largest absolute Gasteiger partial charge is 0.490 e. The van der Waals surface area contributed by atoms with Crippen LogP contribution in [0.5, 0.6) is 11.5 Å². The number of piperidine rings is 1. The summed E-state index contributed by atoms with van der Waals surface area (Å²) in [6.45, 7) is 5.76. The van der Waals surface area contributed by atoms with E-state index in [1.54, 1.807) is 6.08 Å². The Labute approximate surface area is 161 Å². The minimum absolute atomic E-state index is 0.0144. The maximum absolute atomic E-state index is 12.2. The molecule has 7 nitrogen and oxygen atoms in total. The maximum Gasteiger partial charge on any atom is 0.244 e. The number of nitrogens with zero attached hydrogens (tertiary/aromatic N) is 1. The molecule has 0 saturated carbocycles. The Morgan fingerprint density at radius 2 is 1.81 bits per heavy atom. The van der Waals surface area contributed by atoms with Crippen LogP contribution < -0.4 is 14.8 Å². The molecule has 1 aliphatic heterocycles. The van der Waals surface area contributed by atoms with Gasteiger partial charge in [-0.2, -0.15) is 0 Å². The number of hydrogen-bond donors (Lipinski definition) is 1. The lowest BCUT2D eigenvalue weighted by molar-refractivity contribution is -0.117. The molecule has 1 aromatic rings. The minimum atomic E-state index is -3.16. The lowest BCUT2D eigenvalue weighted by Crippen LogP contribution is -2.45. The zero-order valence-corrected chi connectivity index (χ0v) is 16.9.